The van der Waals surface area contributed by atoms with Gasteiger partial charge in [-0.1, -0.05) is 18.2 Å². The molecule has 14 heteroatoms. The van der Waals surface area contributed by atoms with Crippen molar-refractivity contribution in [1.82, 2.24) is 14.9 Å². The molecule has 0 spiro atoms. The summed E-state index contributed by atoms with van der Waals surface area (Å²) in [6, 6.07) is 12.6. The number of rotatable bonds is 10. The lowest BCUT2D eigenvalue weighted by molar-refractivity contribution is -0.139. The quantitative estimate of drug-likeness (QED) is 0.199. The fourth-order valence-electron chi connectivity index (χ4n) is 3.43. The van der Waals surface area contributed by atoms with Crippen molar-refractivity contribution in [3.8, 4) is 0 Å². The van der Waals surface area contributed by atoms with Gasteiger partial charge in [0.2, 0.25) is 21.8 Å². The SMILES string of the molecule is Cl.N=C(N)c1ccc(N2CCN(CC(=O)NC[C@H](NS(=O)(=O)c3ccccc3)C(=O)O)C(=O)C2)cc1. The van der Waals surface area contributed by atoms with E-state index in [0.29, 0.717) is 12.1 Å². The Morgan fingerprint density at radius 3 is 2.28 bits per heavy atom. The number of nitrogens with zero attached hydrogens (tertiary/aromatic N) is 2. The molecule has 1 fully saturated rings. The smallest absolute Gasteiger partial charge is 0.323 e. The van der Waals surface area contributed by atoms with Crippen molar-refractivity contribution in [2.45, 2.75) is 10.9 Å². The zero-order valence-electron chi connectivity index (χ0n) is 19.1. The molecule has 36 heavy (non-hydrogen) atoms. The van der Waals surface area contributed by atoms with Crippen molar-refractivity contribution in [2.75, 3.05) is 37.6 Å². The summed E-state index contributed by atoms with van der Waals surface area (Å²) in [7, 11) is -4.10. The van der Waals surface area contributed by atoms with Gasteiger partial charge in [-0.25, -0.2) is 8.42 Å². The Morgan fingerprint density at radius 1 is 1.08 bits per heavy atom. The highest BCUT2D eigenvalue weighted by Gasteiger charge is 2.28. The molecule has 2 aromatic carbocycles. The molecule has 0 radical (unpaired) electrons. The zero-order chi connectivity index (χ0) is 25.6. The Balaban J connectivity index is 0.00000456. The van der Waals surface area contributed by atoms with Gasteiger partial charge < -0.3 is 26.0 Å². The third kappa shape index (κ3) is 7.41. The summed E-state index contributed by atoms with van der Waals surface area (Å²) in [4.78, 5) is 39.5. The summed E-state index contributed by atoms with van der Waals surface area (Å²) in [5.74, 6) is -2.41. The molecule has 6 N–H and O–H groups in total. The molecule has 0 bridgehead atoms. The molecule has 0 aromatic heterocycles. The van der Waals surface area contributed by atoms with Crippen LogP contribution in [0.4, 0.5) is 5.69 Å². The van der Waals surface area contributed by atoms with E-state index in [1.54, 1.807) is 30.3 Å². The second-order valence-corrected chi connectivity index (χ2v) is 9.54. The van der Waals surface area contributed by atoms with Gasteiger partial charge >= 0.3 is 5.97 Å². The molecule has 1 aliphatic rings. The van der Waals surface area contributed by atoms with Crippen molar-refractivity contribution in [3.63, 3.8) is 0 Å². The Kier molecular flexibility index (Phi) is 9.78. The monoisotopic (exact) mass is 538 g/mol. The number of amidine groups is 1. The van der Waals surface area contributed by atoms with E-state index in [0.717, 1.165) is 5.69 Å². The zero-order valence-corrected chi connectivity index (χ0v) is 20.7. The standard InChI is InChI=1S/C22H26N6O6S.ClH/c23-21(24)15-6-8-16(9-7-15)27-10-11-28(20(30)14-27)13-19(29)25-12-18(22(31)32)26-35(33,34)17-4-2-1-3-5-17;/h1-9,18,26H,10-14H2,(H3,23,24)(H,25,29)(H,31,32);1H/t18-;/m0./s1. The Morgan fingerprint density at radius 2 is 1.72 bits per heavy atom. The number of anilines is 1. The molecule has 1 aliphatic heterocycles. The van der Waals surface area contributed by atoms with Crippen LogP contribution in [0.2, 0.25) is 0 Å². The van der Waals surface area contributed by atoms with E-state index in [9.17, 15) is 27.9 Å². The summed E-state index contributed by atoms with van der Waals surface area (Å²) < 4.78 is 26.8. The Bertz CT molecular complexity index is 1210. The van der Waals surface area contributed by atoms with E-state index < -0.39 is 34.5 Å². The van der Waals surface area contributed by atoms with Crippen LogP contribution < -0.4 is 20.7 Å². The number of aliphatic carboxylic acids is 1. The number of nitrogens with one attached hydrogen (secondary N) is 3. The minimum absolute atomic E-state index is 0. The minimum Gasteiger partial charge on any atom is -0.480 e. The molecule has 0 aliphatic carbocycles. The lowest BCUT2D eigenvalue weighted by Crippen LogP contribution is -2.54. The van der Waals surface area contributed by atoms with Crippen molar-refractivity contribution < 1.29 is 27.9 Å². The van der Waals surface area contributed by atoms with E-state index in [1.165, 1.54) is 29.2 Å². The average molecular weight is 539 g/mol. The lowest BCUT2D eigenvalue weighted by atomic mass is 10.1. The van der Waals surface area contributed by atoms with Crippen LogP contribution in [0.15, 0.2) is 59.5 Å². The normalized spacial score (nSPS) is 14.5. The highest BCUT2D eigenvalue weighted by atomic mass is 35.5. The number of benzene rings is 2. The largest absolute Gasteiger partial charge is 0.480 e. The first-order chi connectivity index (χ1) is 16.6. The molecular formula is C22H27ClN6O6S. The fraction of sp³-hybridized carbons (Fsp3) is 0.273. The molecular weight excluding hydrogens is 512 g/mol. The van der Waals surface area contributed by atoms with Crippen LogP contribution in [0.3, 0.4) is 0 Å². The molecule has 0 unspecified atom stereocenters. The summed E-state index contributed by atoms with van der Waals surface area (Å²) >= 11 is 0. The van der Waals surface area contributed by atoms with E-state index in [2.05, 4.69) is 10.0 Å². The van der Waals surface area contributed by atoms with E-state index in [-0.39, 0.29) is 48.7 Å². The van der Waals surface area contributed by atoms with Gasteiger partial charge in [-0.05, 0) is 36.4 Å². The lowest BCUT2D eigenvalue weighted by Gasteiger charge is -2.35. The van der Waals surface area contributed by atoms with Crippen molar-refractivity contribution in [3.05, 3.63) is 60.2 Å². The fourth-order valence-corrected chi connectivity index (χ4v) is 4.64. The highest BCUT2D eigenvalue weighted by Crippen LogP contribution is 2.17. The molecule has 194 valence electrons. The van der Waals surface area contributed by atoms with Gasteiger partial charge in [0.05, 0.1) is 18.0 Å². The highest BCUT2D eigenvalue weighted by molar-refractivity contribution is 7.89. The number of hydrogen-bond acceptors (Lipinski definition) is 7. The van der Waals surface area contributed by atoms with Crippen LogP contribution in [-0.2, 0) is 24.4 Å². The number of nitrogen functional groups attached to an aromatic ring is 1. The van der Waals surface area contributed by atoms with E-state index in [1.807, 2.05) is 4.90 Å². The average Bonchev–Trinajstić information content (AvgIpc) is 2.83. The summed E-state index contributed by atoms with van der Waals surface area (Å²) in [5, 5.41) is 19.2. The molecule has 0 saturated carbocycles. The van der Waals surface area contributed by atoms with Gasteiger partial charge in [0, 0.05) is 30.9 Å². The predicted octanol–water partition coefficient (Wildman–Crippen LogP) is -0.411. The van der Waals surface area contributed by atoms with Crippen molar-refractivity contribution in [1.29, 1.82) is 5.41 Å². The van der Waals surface area contributed by atoms with Crippen molar-refractivity contribution in [2.24, 2.45) is 5.73 Å². The summed E-state index contributed by atoms with van der Waals surface area (Å²) in [6.45, 7) is 0.00268. The maximum atomic E-state index is 12.5. The van der Waals surface area contributed by atoms with E-state index >= 15 is 0 Å². The number of halogens is 1. The Hall–Kier alpha value is -3.68. The van der Waals surface area contributed by atoms with Gasteiger partial charge in [-0.15, -0.1) is 12.4 Å². The van der Waals surface area contributed by atoms with Gasteiger partial charge in [0.25, 0.3) is 0 Å². The molecule has 1 heterocycles. The van der Waals surface area contributed by atoms with Crippen LogP contribution in [0.25, 0.3) is 0 Å². The molecule has 2 amide bonds. The molecule has 3 rings (SSSR count). The molecule has 2 aromatic rings. The third-order valence-corrected chi connectivity index (χ3v) is 6.84. The number of sulfonamides is 1. The van der Waals surface area contributed by atoms with Crippen molar-refractivity contribution >= 4 is 51.7 Å². The summed E-state index contributed by atoms with van der Waals surface area (Å²) in [6.07, 6.45) is 0. The van der Waals surface area contributed by atoms with Gasteiger partial charge in [-0.2, -0.15) is 4.72 Å². The number of nitrogens with two attached hydrogens (primary N) is 1. The number of carboxylic acids is 1. The molecule has 12 nitrogen and oxygen atoms in total. The number of carbonyl (C=O) groups excluding carboxylic acids is 2. The number of hydrogen-bond donors (Lipinski definition) is 5. The van der Waals surface area contributed by atoms with Crippen LogP contribution >= 0.6 is 12.4 Å². The number of amides is 2. The number of carboxylic acid groups (broad SMARTS) is 1. The maximum Gasteiger partial charge on any atom is 0.323 e. The predicted molar refractivity (Wildman–Crippen MR) is 135 cm³/mol. The van der Waals surface area contributed by atoms with Gasteiger partial charge in [0.15, 0.2) is 0 Å². The second kappa shape index (κ2) is 12.3. The first-order valence-corrected chi connectivity index (χ1v) is 12.1. The van der Waals surface area contributed by atoms with Crippen LogP contribution in [0, 0.1) is 5.41 Å². The van der Waals surface area contributed by atoms with Gasteiger partial charge in [0.1, 0.15) is 11.9 Å². The molecule has 1 saturated heterocycles. The summed E-state index contributed by atoms with van der Waals surface area (Å²) in [5.41, 5.74) is 6.80. The second-order valence-electron chi connectivity index (χ2n) is 7.83. The van der Waals surface area contributed by atoms with Gasteiger partial charge in [-0.3, -0.25) is 19.8 Å². The first-order valence-electron chi connectivity index (χ1n) is 10.6. The number of piperazine rings is 1. The first kappa shape index (κ1) is 28.6. The number of carbonyl (C=O) groups is 3. The Labute approximate surface area is 214 Å². The maximum absolute atomic E-state index is 12.5. The van der Waals surface area contributed by atoms with E-state index in [4.69, 9.17) is 11.1 Å². The topological polar surface area (TPSA) is 186 Å². The molecule has 1 atom stereocenters. The minimum atomic E-state index is -4.10. The van der Waals surface area contributed by atoms with Crippen LogP contribution in [0.1, 0.15) is 5.56 Å². The van der Waals surface area contributed by atoms with Crippen LogP contribution in [0.5, 0.6) is 0 Å². The van der Waals surface area contributed by atoms with Crippen LogP contribution in [-0.4, -0.2) is 80.8 Å². The third-order valence-electron chi connectivity index (χ3n) is 5.35.